The summed E-state index contributed by atoms with van der Waals surface area (Å²) in [5, 5.41) is 3.66. The van der Waals surface area contributed by atoms with E-state index in [9.17, 15) is 4.39 Å². The summed E-state index contributed by atoms with van der Waals surface area (Å²) in [6, 6.07) is 9.48. The lowest BCUT2D eigenvalue weighted by Crippen LogP contribution is -2.26. The fourth-order valence-corrected chi connectivity index (χ4v) is 1.71. The van der Waals surface area contributed by atoms with Gasteiger partial charge in [-0.1, -0.05) is 51.4 Å². The SMILES string of the molecule is FC1CON=C(C(Br)c2ccccc2)O1. The zero-order valence-corrected chi connectivity index (χ0v) is 9.35. The van der Waals surface area contributed by atoms with Crippen LogP contribution in [0, 0.1) is 0 Å². The van der Waals surface area contributed by atoms with Crippen molar-refractivity contribution in [2.24, 2.45) is 5.16 Å². The lowest BCUT2D eigenvalue weighted by atomic mass is 10.1. The summed E-state index contributed by atoms with van der Waals surface area (Å²) in [7, 11) is 0. The van der Waals surface area contributed by atoms with E-state index in [1.165, 1.54) is 0 Å². The molecule has 2 unspecified atom stereocenters. The molecule has 1 aliphatic rings. The van der Waals surface area contributed by atoms with Crippen molar-refractivity contribution in [2.45, 2.75) is 11.2 Å². The maximum atomic E-state index is 12.9. The Bertz CT molecular complexity index is 358. The Morgan fingerprint density at radius 2 is 2.13 bits per heavy atom. The van der Waals surface area contributed by atoms with E-state index in [0.717, 1.165) is 5.56 Å². The first-order valence-corrected chi connectivity index (χ1v) is 5.38. The van der Waals surface area contributed by atoms with Gasteiger partial charge in [0.15, 0.2) is 6.61 Å². The molecule has 2 rings (SSSR count). The summed E-state index contributed by atoms with van der Waals surface area (Å²) < 4.78 is 17.8. The first-order chi connectivity index (χ1) is 7.27. The normalized spacial score (nSPS) is 22.3. The van der Waals surface area contributed by atoms with Gasteiger partial charge in [0.25, 0.3) is 6.36 Å². The standard InChI is InChI=1S/C10H9BrFNO2/c11-9(7-4-2-1-3-5-7)10-13-14-6-8(12)15-10/h1-5,8-9H,6H2. The maximum Gasteiger partial charge on any atom is 0.276 e. The summed E-state index contributed by atoms with van der Waals surface area (Å²) >= 11 is 3.37. The molecule has 0 saturated carbocycles. The molecule has 0 amide bonds. The molecule has 2 atom stereocenters. The van der Waals surface area contributed by atoms with Crippen molar-refractivity contribution in [2.75, 3.05) is 6.61 Å². The molecule has 3 nitrogen and oxygen atoms in total. The lowest BCUT2D eigenvalue weighted by molar-refractivity contribution is -0.0601. The molecule has 5 heteroatoms. The van der Waals surface area contributed by atoms with Gasteiger partial charge >= 0.3 is 0 Å². The monoisotopic (exact) mass is 273 g/mol. The Hall–Kier alpha value is -1.10. The smallest absolute Gasteiger partial charge is 0.276 e. The number of rotatable bonds is 2. The number of hydrogen-bond donors (Lipinski definition) is 0. The Morgan fingerprint density at radius 3 is 2.80 bits per heavy atom. The predicted molar refractivity (Wildman–Crippen MR) is 57.5 cm³/mol. The highest BCUT2D eigenvalue weighted by Crippen LogP contribution is 2.27. The minimum absolute atomic E-state index is 0.155. The third kappa shape index (κ3) is 2.47. The van der Waals surface area contributed by atoms with Gasteiger partial charge in [-0.15, -0.1) is 0 Å². The van der Waals surface area contributed by atoms with Gasteiger partial charge in [0.05, 0.1) is 0 Å². The van der Waals surface area contributed by atoms with Crippen molar-refractivity contribution in [3.05, 3.63) is 35.9 Å². The molecule has 1 aromatic carbocycles. The van der Waals surface area contributed by atoms with Crippen LogP contribution in [-0.4, -0.2) is 18.9 Å². The molecule has 0 fully saturated rings. The van der Waals surface area contributed by atoms with Gasteiger partial charge in [-0.2, -0.15) is 4.39 Å². The van der Waals surface area contributed by atoms with Crippen molar-refractivity contribution < 1.29 is 14.0 Å². The molecular formula is C10H9BrFNO2. The van der Waals surface area contributed by atoms with Crippen LogP contribution in [0.1, 0.15) is 10.4 Å². The van der Waals surface area contributed by atoms with Gasteiger partial charge in [0.2, 0.25) is 5.90 Å². The van der Waals surface area contributed by atoms with E-state index < -0.39 is 6.36 Å². The second kappa shape index (κ2) is 4.61. The van der Waals surface area contributed by atoms with Gasteiger partial charge < -0.3 is 9.57 Å². The fraction of sp³-hybridized carbons (Fsp3) is 0.300. The third-order valence-electron chi connectivity index (χ3n) is 1.92. The van der Waals surface area contributed by atoms with Gasteiger partial charge in [-0.3, -0.25) is 0 Å². The Balaban J connectivity index is 2.14. The van der Waals surface area contributed by atoms with Crippen LogP contribution in [-0.2, 0) is 9.57 Å². The molecule has 0 aliphatic carbocycles. The maximum absolute atomic E-state index is 12.9. The first kappa shape index (κ1) is 10.4. The average Bonchev–Trinajstić information content (AvgIpc) is 2.29. The summed E-state index contributed by atoms with van der Waals surface area (Å²) in [6.07, 6.45) is -1.44. The molecule has 0 aromatic heterocycles. The number of oxime groups is 1. The van der Waals surface area contributed by atoms with Crippen molar-refractivity contribution >= 4 is 21.8 Å². The topological polar surface area (TPSA) is 30.8 Å². The molecule has 1 aromatic rings. The van der Waals surface area contributed by atoms with E-state index in [0.29, 0.717) is 0 Å². The molecule has 80 valence electrons. The molecular weight excluding hydrogens is 265 g/mol. The average molecular weight is 274 g/mol. The van der Waals surface area contributed by atoms with Gasteiger partial charge in [-0.05, 0) is 5.56 Å². The third-order valence-corrected chi connectivity index (χ3v) is 2.84. The van der Waals surface area contributed by atoms with Gasteiger partial charge in [0, 0.05) is 0 Å². The van der Waals surface area contributed by atoms with Crippen molar-refractivity contribution in [1.82, 2.24) is 0 Å². The van der Waals surface area contributed by atoms with Crippen LogP contribution >= 0.6 is 15.9 Å². The lowest BCUT2D eigenvalue weighted by Gasteiger charge is -2.20. The van der Waals surface area contributed by atoms with Crippen LogP contribution in [0.2, 0.25) is 0 Å². The van der Waals surface area contributed by atoms with E-state index in [4.69, 9.17) is 9.57 Å². The largest absolute Gasteiger partial charge is 0.439 e. The Labute approximate surface area is 95.0 Å². The minimum Gasteiger partial charge on any atom is -0.439 e. The van der Waals surface area contributed by atoms with E-state index in [1.807, 2.05) is 30.3 Å². The number of halogens is 2. The number of ether oxygens (including phenoxy) is 1. The van der Waals surface area contributed by atoms with E-state index in [2.05, 4.69) is 21.1 Å². The number of nitrogens with zero attached hydrogens (tertiary/aromatic N) is 1. The molecule has 0 bridgehead atoms. The van der Waals surface area contributed by atoms with Crippen molar-refractivity contribution in [1.29, 1.82) is 0 Å². The summed E-state index contributed by atoms with van der Waals surface area (Å²) in [4.78, 5) is 4.41. The zero-order valence-electron chi connectivity index (χ0n) is 7.77. The molecule has 0 N–H and O–H groups in total. The van der Waals surface area contributed by atoms with Crippen LogP contribution in [0.25, 0.3) is 0 Å². The van der Waals surface area contributed by atoms with Gasteiger partial charge in [0.1, 0.15) is 4.83 Å². The predicted octanol–water partition coefficient (Wildman–Crippen LogP) is 2.78. The second-order valence-corrected chi connectivity index (χ2v) is 3.94. The molecule has 15 heavy (non-hydrogen) atoms. The van der Waals surface area contributed by atoms with Crippen LogP contribution < -0.4 is 0 Å². The highest BCUT2D eigenvalue weighted by atomic mass is 79.9. The van der Waals surface area contributed by atoms with Crippen molar-refractivity contribution in [3.63, 3.8) is 0 Å². The van der Waals surface area contributed by atoms with E-state index in [1.54, 1.807) is 0 Å². The summed E-state index contributed by atoms with van der Waals surface area (Å²) in [5.74, 6) is 0.208. The summed E-state index contributed by atoms with van der Waals surface area (Å²) in [5.41, 5.74) is 0.939. The number of alkyl halides is 2. The van der Waals surface area contributed by atoms with E-state index in [-0.39, 0.29) is 17.3 Å². The molecule has 0 saturated heterocycles. The Morgan fingerprint density at radius 1 is 1.40 bits per heavy atom. The quantitative estimate of drug-likeness (QED) is 0.776. The molecule has 1 aliphatic heterocycles. The molecule has 0 radical (unpaired) electrons. The minimum atomic E-state index is -1.44. The van der Waals surface area contributed by atoms with Gasteiger partial charge in [-0.25, -0.2) is 0 Å². The molecule has 1 heterocycles. The summed E-state index contributed by atoms with van der Waals surface area (Å²) in [6.45, 7) is -0.155. The zero-order chi connectivity index (χ0) is 10.7. The second-order valence-electron chi connectivity index (χ2n) is 3.03. The van der Waals surface area contributed by atoms with Crippen LogP contribution in [0.15, 0.2) is 35.5 Å². The van der Waals surface area contributed by atoms with Crippen LogP contribution in [0.5, 0.6) is 0 Å². The first-order valence-electron chi connectivity index (χ1n) is 4.47. The van der Waals surface area contributed by atoms with E-state index >= 15 is 0 Å². The number of benzene rings is 1. The van der Waals surface area contributed by atoms with Crippen LogP contribution in [0.3, 0.4) is 0 Å². The van der Waals surface area contributed by atoms with Crippen LogP contribution in [0.4, 0.5) is 4.39 Å². The Kier molecular flexibility index (Phi) is 3.20. The highest BCUT2D eigenvalue weighted by Gasteiger charge is 2.25. The molecule has 0 spiro atoms. The highest BCUT2D eigenvalue weighted by molar-refractivity contribution is 9.09. The fourth-order valence-electron chi connectivity index (χ4n) is 1.22. The number of hydrogen-bond acceptors (Lipinski definition) is 3. The van der Waals surface area contributed by atoms with Crippen molar-refractivity contribution in [3.8, 4) is 0 Å².